The third kappa shape index (κ3) is 5.49. The highest BCUT2D eigenvalue weighted by Crippen LogP contribution is 2.15. The van der Waals surface area contributed by atoms with Crippen molar-refractivity contribution in [1.29, 1.82) is 0 Å². The first-order valence-corrected chi connectivity index (χ1v) is 6.65. The van der Waals surface area contributed by atoms with E-state index in [0.717, 1.165) is 12.8 Å². The Hall–Kier alpha value is -1.10. The van der Waals surface area contributed by atoms with Crippen LogP contribution in [0.1, 0.15) is 46.0 Å². The summed E-state index contributed by atoms with van der Waals surface area (Å²) in [5, 5.41) is 0.0787. The van der Waals surface area contributed by atoms with Crippen LogP contribution in [0, 0.1) is 0 Å². The summed E-state index contributed by atoms with van der Waals surface area (Å²) in [4.78, 5) is 11.7. The summed E-state index contributed by atoms with van der Waals surface area (Å²) in [6.07, 6.45) is 5.90. The van der Waals surface area contributed by atoms with Crippen LogP contribution in [0.15, 0.2) is 0 Å². The van der Waals surface area contributed by atoms with Gasteiger partial charge in [0, 0.05) is 0 Å². The zero-order chi connectivity index (χ0) is 13.4. The predicted molar refractivity (Wildman–Crippen MR) is 70.2 cm³/mol. The molecule has 0 saturated heterocycles. The molecule has 0 aliphatic rings. The molecule has 1 heterocycles. The summed E-state index contributed by atoms with van der Waals surface area (Å²) >= 11 is 5.74. The zero-order valence-corrected chi connectivity index (χ0v) is 11.9. The van der Waals surface area contributed by atoms with Gasteiger partial charge in [-0.25, -0.2) is 0 Å². The predicted octanol–water partition coefficient (Wildman–Crippen LogP) is 3.27. The number of hydrogen-bond acceptors (Lipinski definition) is 5. The second kappa shape index (κ2) is 8.08. The van der Waals surface area contributed by atoms with E-state index in [1.807, 2.05) is 6.92 Å². The van der Waals surface area contributed by atoms with Crippen molar-refractivity contribution in [3.63, 3.8) is 0 Å². The first kappa shape index (κ1) is 15.0. The lowest BCUT2D eigenvalue weighted by atomic mass is 10.1. The van der Waals surface area contributed by atoms with Gasteiger partial charge in [0.1, 0.15) is 0 Å². The Bertz CT molecular complexity index is 363. The molecule has 0 aromatic carbocycles. The van der Waals surface area contributed by atoms with Crippen LogP contribution in [-0.4, -0.2) is 28.2 Å². The first-order valence-electron chi connectivity index (χ1n) is 6.28. The van der Waals surface area contributed by atoms with Gasteiger partial charge in [0.25, 0.3) is 0 Å². The van der Waals surface area contributed by atoms with Crippen LogP contribution in [0.3, 0.4) is 0 Å². The molecule has 1 unspecified atom stereocenters. The fourth-order valence-electron chi connectivity index (χ4n) is 1.56. The average Bonchev–Trinajstić information content (AvgIpc) is 2.34. The number of rotatable bonds is 8. The normalized spacial score (nSPS) is 12.2. The Labute approximate surface area is 113 Å². The summed E-state index contributed by atoms with van der Waals surface area (Å²) in [5.74, 6) is 0. The molecular weight excluding hydrogens is 254 g/mol. The molecule has 0 spiro atoms. The zero-order valence-electron chi connectivity index (χ0n) is 11.1. The maximum Gasteiger partial charge on any atom is 0.324 e. The molecule has 0 aliphatic heterocycles. The lowest BCUT2D eigenvalue weighted by Gasteiger charge is -2.13. The minimum Gasteiger partial charge on any atom is -0.467 e. The Morgan fingerprint density at radius 1 is 1.11 bits per heavy atom. The molecule has 0 aliphatic carbocycles. The van der Waals surface area contributed by atoms with E-state index in [4.69, 9.17) is 21.1 Å². The molecule has 0 amide bonds. The van der Waals surface area contributed by atoms with Crippen LogP contribution in [0.4, 0.5) is 0 Å². The average molecular weight is 274 g/mol. The number of methoxy groups -OCH3 is 1. The molecule has 5 nitrogen and oxygen atoms in total. The molecule has 1 aromatic heterocycles. The van der Waals surface area contributed by atoms with Crippen molar-refractivity contribution >= 4 is 11.6 Å². The molecule has 0 radical (unpaired) electrons. The molecule has 0 bridgehead atoms. The van der Waals surface area contributed by atoms with Gasteiger partial charge in [0.2, 0.25) is 5.28 Å². The van der Waals surface area contributed by atoms with E-state index in [9.17, 15) is 0 Å². The van der Waals surface area contributed by atoms with Crippen LogP contribution in [-0.2, 0) is 0 Å². The van der Waals surface area contributed by atoms with Crippen molar-refractivity contribution in [2.24, 2.45) is 0 Å². The second-order valence-corrected chi connectivity index (χ2v) is 4.49. The molecule has 102 valence electrons. The molecule has 1 rings (SSSR count). The molecule has 1 aromatic rings. The van der Waals surface area contributed by atoms with Gasteiger partial charge in [-0.2, -0.15) is 9.97 Å². The lowest BCUT2D eigenvalue weighted by Crippen LogP contribution is -2.14. The van der Waals surface area contributed by atoms with Crippen molar-refractivity contribution in [2.75, 3.05) is 7.11 Å². The van der Waals surface area contributed by atoms with Crippen molar-refractivity contribution in [3.05, 3.63) is 5.28 Å². The van der Waals surface area contributed by atoms with Crippen molar-refractivity contribution in [1.82, 2.24) is 15.0 Å². The van der Waals surface area contributed by atoms with Crippen molar-refractivity contribution < 1.29 is 9.47 Å². The van der Waals surface area contributed by atoms with Gasteiger partial charge in [-0.1, -0.05) is 26.2 Å². The number of unbranched alkanes of at least 4 members (excludes halogenated alkanes) is 3. The van der Waals surface area contributed by atoms with E-state index in [1.165, 1.54) is 26.4 Å². The van der Waals surface area contributed by atoms with E-state index in [1.54, 1.807) is 0 Å². The molecule has 18 heavy (non-hydrogen) atoms. The molecule has 0 N–H and O–H groups in total. The standard InChI is InChI=1S/C12H20ClN3O2/c1-4-5-6-7-8-9(2)18-12-15-10(13)14-11(16-12)17-3/h9H,4-8H2,1-3H3. The van der Waals surface area contributed by atoms with Gasteiger partial charge in [-0.05, 0) is 31.4 Å². The highest BCUT2D eigenvalue weighted by molar-refractivity contribution is 6.28. The Balaban J connectivity index is 2.43. The van der Waals surface area contributed by atoms with Crippen LogP contribution in [0.5, 0.6) is 12.0 Å². The summed E-state index contributed by atoms with van der Waals surface area (Å²) in [6.45, 7) is 4.19. The topological polar surface area (TPSA) is 57.1 Å². The SMILES string of the molecule is CCCCCCC(C)Oc1nc(Cl)nc(OC)n1. The minimum atomic E-state index is 0.0602. The number of ether oxygens (including phenoxy) is 2. The lowest BCUT2D eigenvalue weighted by molar-refractivity contribution is 0.185. The monoisotopic (exact) mass is 273 g/mol. The highest BCUT2D eigenvalue weighted by Gasteiger charge is 2.10. The van der Waals surface area contributed by atoms with E-state index in [-0.39, 0.29) is 23.4 Å². The van der Waals surface area contributed by atoms with Gasteiger partial charge in [0.15, 0.2) is 0 Å². The van der Waals surface area contributed by atoms with E-state index < -0.39 is 0 Å². The molecular formula is C12H20ClN3O2. The van der Waals surface area contributed by atoms with Gasteiger partial charge in [0.05, 0.1) is 13.2 Å². The minimum absolute atomic E-state index is 0.0602. The number of halogens is 1. The second-order valence-electron chi connectivity index (χ2n) is 4.15. The number of hydrogen-bond donors (Lipinski definition) is 0. The molecule has 0 saturated carbocycles. The Morgan fingerprint density at radius 3 is 2.50 bits per heavy atom. The Kier molecular flexibility index (Phi) is 6.72. The van der Waals surface area contributed by atoms with Crippen LogP contribution >= 0.6 is 11.6 Å². The first-order chi connectivity index (χ1) is 8.65. The van der Waals surface area contributed by atoms with Gasteiger partial charge in [-0.3, -0.25) is 0 Å². The molecule has 6 heteroatoms. The van der Waals surface area contributed by atoms with Gasteiger partial charge in [-0.15, -0.1) is 4.98 Å². The summed E-state index contributed by atoms with van der Waals surface area (Å²) in [7, 11) is 1.48. The molecule has 0 fully saturated rings. The third-order valence-electron chi connectivity index (χ3n) is 2.52. The van der Waals surface area contributed by atoms with Crippen LogP contribution < -0.4 is 9.47 Å². The van der Waals surface area contributed by atoms with Crippen LogP contribution in [0.25, 0.3) is 0 Å². The van der Waals surface area contributed by atoms with Crippen molar-refractivity contribution in [3.8, 4) is 12.0 Å². The maximum atomic E-state index is 5.74. The summed E-state index contributed by atoms with van der Waals surface area (Å²) < 4.78 is 10.5. The third-order valence-corrected chi connectivity index (χ3v) is 2.69. The fourth-order valence-corrected chi connectivity index (χ4v) is 1.70. The summed E-state index contributed by atoms with van der Waals surface area (Å²) in [6, 6.07) is 0.387. The van der Waals surface area contributed by atoms with E-state index >= 15 is 0 Å². The summed E-state index contributed by atoms with van der Waals surface area (Å²) in [5.41, 5.74) is 0. The largest absolute Gasteiger partial charge is 0.467 e. The van der Waals surface area contributed by atoms with Gasteiger partial charge < -0.3 is 9.47 Å². The molecule has 1 atom stereocenters. The van der Waals surface area contributed by atoms with E-state index in [2.05, 4.69) is 21.9 Å². The van der Waals surface area contributed by atoms with E-state index in [0.29, 0.717) is 0 Å². The smallest absolute Gasteiger partial charge is 0.324 e. The Morgan fingerprint density at radius 2 is 1.83 bits per heavy atom. The number of aromatic nitrogens is 3. The fraction of sp³-hybridized carbons (Fsp3) is 0.750. The van der Waals surface area contributed by atoms with Crippen molar-refractivity contribution in [2.45, 2.75) is 52.1 Å². The van der Waals surface area contributed by atoms with Gasteiger partial charge >= 0.3 is 12.0 Å². The quantitative estimate of drug-likeness (QED) is 0.681. The maximum absolute atomic E-state index is 5.74. The highest BCUT2D eigenvalue weighted by atomic mass is 35.5. The van der Waals surface area contributed by atoms with Crippen LogP contribution in [0.2, 0.25) is 5.28 Å². The number of nitrogens with zero attached hydrogens (tertiary/aromatic N) is 3.